The standard InChI is InChI=1S/C35H24N4/c1-3-6-22-10-12-24-16-19-31(39-34(24)32(22)36-2)29-9-4-7-26-21-27(14-17-28(26)29)30-18-15-25-13-11-23-8-5-20-37-33(23)35(25)38-30/h3-21H,2H2,1H3/b6-3-. The van der Waals surface area contributed by atoms with Gasteiger partial charge >= 0.3 is 0 Å². The minimum atomic E-state index is 0.805. The maximum Gasteiger partial charge on any atom is 0.0972 e. The topological polar surface area (TPSA) is 51.0 Å². The molecule has 7 rings (SSSR count). The molecule has 184 valence electrons. The Kier molecular flexibility index (Phi) is 5.45. The molecule has 0 aliphatic rings. The number of pyridine rings is 3. The van der Waals surface area contributed by atoms with Crippen LogP contribution >= 0.6 is 0 Å². The van der Waals surface area contributed by atoms with E-state index in [1.165, 1.54) is 0 Å². The fourth-order valence-corrected chi connectivity index (χ4v) is 5.37. The summed E-state index contributed by atoms with van der Waals surface area (Å²) in [6, 6.07) is 33.6. The SMILES string of the molecule is C=Nc1c(/C=C\C)ccc2ccc(-c3cccc4cc(-c5ccc6ccc7cccnc7c6n5)ccc34)nc12. The molecule has 0 radical (unpaired) electrons. The van der Waals surface area contributed by atoms with E-state index in [0.717, 1.165) is 77.2 Å². The van der Waals surface area contributed by atoms with Gasteiger partial charge in [-0.15, -0.1) is 0 Å². The third-order valence-corrected chi connectivity index (χ3v) is 7.26. The van der Waals surface area contributed by atoms with E-state index in [-0.39, 0.29) is 0 Å². The summed E-state index contributed by atoms with van der Waals surface area (Å²) < 4.78 is 0. The lowest BCUT2D eigenvalue weighted by Gasteiger charge is -2.11. The monoisotopic (exact) mass is 500 g/mol. The highest BCUT2D eigenvalue weighted by Gasteiger charge is 2.12. The van der Waals surface area contributed by atoms with Gasteiger partial charge < -0.3 is 0 Å². The summed E-state index contributed by atoms with van der Waals surface area (Å²) in [6.45, 7) is 5.81. The van der Waals surface area contributed by atoms with E-state index in [4.69, 9.17) is 9.97 Å². The van der Waals surface area contributed by atoms with Crippen LogP contribution < -0.4 is 0 Å². The molecule has 0 N–H and O–H groups in total. The number of allylic oxidation sites excluding steroid dienone is 1. The second kappa shape index (κ2) is 9.26. The number of nitrogens with zero attached hydrogens (tertiary/aromatic N) is 4. The van der Waals surface area contributed by atoms with Crippen molar-refractivity contribution < 1.29 is 0 Å². The van der Waals surface area contributed by atoms with E-state index in [9.17, 15) is 0 Å². The molecule has 0 saturated carbocycles. The number of rotatable bonds is 4. The van der Waals surface area contributed by atoms with Gasteiger partial charge in [0.1, 0.15) is 0 Å². The first-order valence-corrected chi connectivity index (χ1v) is 12.9. The second-order valence-corrected chi connectivity index (χ2v) is 9.58. The molecule has 4 aromatic carbocycles. The van der Waals surface area contributed by atoms with Crippen LogP contribution in [0.1, 0.15) is 12.5 Å². The quantitative estimate of drug-likeness (QED) is 0.179. The fourth-order valence-electron chi connectivity index (χ4n) is 5.37. The molecule has 0 spiro atoms. The summed E-state index contributed by atoms with van der Waals surface area (Å²) >= 11 is 0. The molecule has 7 aromatic rings. The van der Waals surface area contributed by atoms with Crippen LogP contribution in [0.5, 0.6) is 0 Å². The second-order valence-electron chi connectivity index (χ2n) is 9.58. The van der Waals surface area contributed by atoms with Crippen molar-refractivity contribution in [2.24, 2.45) is 4.99 Å². The zero-order valence-corrected chi connectivity index (χ0v) is 21.5. The molecule has 0 fully saturated rings. The number of fused-ring (bicyclic) bond motifs is 5. The molecule has 0 saturated heterocycles. The van der Waals surface area contributed by atoms with E-state index in [0.29, 0.717) is 0 Å². The Bertz CT molecular complexity index is 2110. The van der Waals surface area contributed by atoms with E-state index >= 15 is 0 Å². The molecular weight excluding hydrogens is 476 g/mol. The molecule has 39 heavy (non-hydrogen) atoms. The van der Waals surface area contributed by atoms with Gasteiger partial charge in [0, 0.05) is 39.0 Å². The number of hydrogen-bond acceptors (Lipinski definition) is 4. The van der Waals surface area contributed by atoms with E-state index < -0.39 is 0 Å². The predicted octanol–water partition coefficient (Wildman–Crippen LogP) is 9.18. The lowest BCUT2D eigenvalue weighted by atomic mass is 9.97. The summed E-state index contributed by atoms with van der Waals surface area (Å²) in [5.74, 6) is 0. The highest BCUT2D eigenvalue weighted by Crippen LogP contribution is 2.35. The number of benzene rings is 4. The highest BCUT2D eigenvalue weighted by molar-refractivity contribution is 6.04. The molecule has 0 amide bonds. The van der Waals surface area contributed by atoms with Crippen molar-refractivity contribution in [1.82, 2.24) is 15.0 Å². The number of hydrogen-bond donors (Lipinski definition) is 0. The van der Waals surface area contributed by atoms with E-state index in [1.807, 2.05) is 31.3 Å². The minimum Gasteiger partial charge on any atom is -0.262 e. The molecule has 0 unspecified atom stereocenters. The van der Waals surface area contributed by atoms with Crippen LogP contribution in [0.15, 0.2) is 114 Å². The van der Waals surface area contributed by atoms with Crippen molar-refractivity contribution in [2.75, 3.05) is 0 Å². The molecular formula is C35H24N4. The Morgan fingerprint density at radius 3 is 2.23 bits per heavy atom. The first kappa shape index (κ1) is 22.9. The van der Waals surface area contributed by atoms with Crippen molar-refractivity contribution in [3.05, 3.63) is 115 Å². The summed E-state index contributed by atoms with van der Waals surface area (Å²) in [5.41, 5.74) is 8.49. The third kappa shape index (κ3) is 3.85. The first-order chi connectivity index (χ1) is 19.2. The van der Waals surface area contributed by atoms with Crippen molar-refractivity contribution in [1.29, 1.82) is 0 Å². The largest absolute Gasteiger partial charge is 0.262 e. The Morgan fingerprint density at radius 1 is 0.667 bits per heavy atom. The Balaban J connectivity index is 1.36. The third-order valence-electron chi connectivity index (χ3n) is 7.26. The molecule has 3 aromatic heterocycles. The smallest absolute Gasteiger partial charge is 0.0972 e. The lowest BCUT2D eigenvalue weighted by Crippen LogP contribution is -1.91. The van der Waals surface area contributed by atoms with Gasteiger partial charge in [0.15, 0.2) is 0 Å². The number of aliphatic imine (C=N–C) groups is 1. The Labute approximate surface area is 226 Å². The van der Waals surface area contributed by atoms with Gasteiger partial charge in [-0.1, -0.05) is 84.9 Å². The number of aromatic nitrogens is 3. The predicted molar refractivity (Wildman–Crippen MR) is 165 cm³/mol. The van der Waals surface area contributed by atoms with Gasteiger partial charge in [0.25, 0.3) is 0 Å². The molecule has 4 heteroatoms. The van der Waals surface area contributed by atoms with Crippen LogP contribution in [0.25, 0.3) is 72.1 Å². The van der Waals surface area contributed by atoms with Gasteiger partial charge in [-0.2, -0.15) is 0 Å². The minimum absolute atomic E-state index is 0.805. The Morgan fingerprint density at radius 2 is 1.38 bits per heavy atom. The summed E-state index contributed by atoms with van der Waals surface area (Å²) in [6.07, 6.45) is 5.87. The molecule has 3 heterocycles. The zero-order valence-electron chi connectivity index (χ0n) is 21.5. The summed E-state index contributed by atoms with van der Waals surface area (Å²) in [5, 5.41) is 5.49. The fraction of sp³-hybridized carbons (Fsp3) is 0.0286. The van der Waals surface area contributed by atoms with Crippen LogP contribution in [-0.2, 0) is 0 Å². The molecule has 0 aliphatic carbocycles. The van der Waals surface area contributed by atoms with Crippen LogP contribution in [0.4, 0.5) is 5.69 Å². The van der Waals surface area contributed by atoms with Gasteiger partial charge in [0.2, 0.25) is 0 Å². The molecule has 0 aliphatic heterocycles. The average molecular weight is 501 g/mol. The van der Waals surface area contributed by atoms with Gasteiger partial charge in [-0.25, -0.2) is 9.97 Å². The van der Waals surface area contributed by atoms with E-state index in [2.05, 4.69) is 108 Å². The van der Waals surface area contributed by atoms with Crippen molar-refractivity contribution in [3.8, 4) is 22.5 Å². The maximum absolute atomic E-state index is 5.07. The van der Waals surface area contributed by atoms with E-state index in [1.54, 1.807) is 0 Å². The van der Waals surface area contributed by atoms with Crippen LogP contribution in [-0.4, -0.2) is 21.7 Å². The lowest BCUT2D eigenvalue weighted by molar-refractivity contribution is 1.37. The van der Waals surface area contributed by atoms with Crippen LogP contribution in [0, 0.1) is 0 Å². The van der Waals surface area contributed by atoms with Gasteiger partial charge in [0.05, 0.1) is 33.6 Å². The molecule has 0 atom stereocenters. The Hall–Kier alpha value is -5.22. The van der Waals surface area contributed by atoms with Gasteiger partial charge in [-0.3, -0.25) is 9.98 Å². The van der Waals surface area contributed by atoms with Crippen LogP contribution in [0.2, 0.25) is 0 Å². The van der Waals surface area contributed by atoms with Crippen molar-refractivity contribution in [2.45, 2.75) is 6.92 Å². The summed E-state index contributed by atoms with van der Waals surface area (Å²) in [4.78, 5) is 19.0. The zero-order chi connectivity index (χ0) is 26.3. The molecule has 4 nitrogen and oxygen atoms in total. The van der Waals surface area contributed by atoms with Crippen LogP contribution in [0.3, 0.4) is 0 Å². The maximum atomic E-state index is 5.07. The first-order valence-electron chi connectivity index (χ1n) is 12.9. The average Bonchev–Trinajstić information content (AvgIpc) is 3.00. The highest BCUT2D eigenvalue weighted by atomic mass is 14.8. The van der Waals surface area contributed by atoms with Crippen molar-refractivity contribution >= 4 is 62.0 Å². The summed E-state index contributed by atoms with van der Waals surface area (Å²) in [7, 11) is 0. The molecule has 0 bridgehead atoms. The van der Waals surface area contributed by atoms with Crippen molar-refractivity contribution in [3.63, 3.8) is 0 Å². The van der Waals surface area contributed by atoms with Gasteiger partial charge in [-0.05, 0) is 48.7 Å². The normalized spacial score (nSPS) is 11.7.